The molecule has 136 valence electrons. The number of ketones is 1. The standard InChI is InChI=1S/C22H20N2O3/c1-15-21(16(2)24(23-15)19-7-5-4-6-8-19)20(25)14-11-17-9-12-18(13-10-17)22(26)27-3/h4-14H,1-3H3/b14-11+. The van der Waals surface area contributed by atoms with E-state index in [0.29, 0.717) is 16.8 Å². The zero-order chi connectivity index (χ0) is 19.4. The third-order valence-electron chi connectivity index (χ3n) is 4.30. The molecule has 0 unspecified atom stereocenters. The van der Waals surface area contributed by atoms with Crippen LogP contribution < -0.4 is 0 Å². The molecular formula is C22H20N2O3. The number of esters is 1. The molecule has 0 atom stereocenters. The number of rotatable bonds is 5. The second-order valence-electron chi connectivity index (χ2n) is 6.10. The first-order valence-electron chi connectivity index (χ1n) is 8.53. The molecule has 0 aliphatic heterocycles. The molecule has 0 saturated heterocycles. The van der Waals surface area contributed by atoms with Crippen LogP contribution in [0.5, 0.6) is 0 Å². The molecule has 1 aromatic heterocycles. The van der Waals surface area contributed by atoms with E-state index in [1.165, 1.54) is 13.2 Å². The van der Waals surface area contributed by atoms with Gasteiger partial charge in [0.05, 0.1) is 35.3 Å². The van der Waals surface area contributed by atoms with Gasteiger partial charge in [0, 0.05) is 0 Å². The topological polar surface area (TPSA) is 61.2 Å². The molecule has 0 aliphatic carbocycles. The van der Waals surface area contributed by atoms with Crippen LogP contribution in [0.25, 0.3) is 11.8 Å². The summed E-state index contributed by atoms with van der Waals surface area (Å²) in [5.74, 6) is -0.495. The summed E-state index contributed by atoms with van der Waals surface area (Å²) in [7, 11) is 1.34. The third kappa shape index (κ3) is 3.87. The second-order valence-corrected chi connectivity index (χ2v) is 6.10. The molecule has 5 nitrogen and oxygen atoms in total. The normalized spacial score (nSPS) is 10.9. The van der Waals surface area contributed by atoms with E-state index in [2.05, 4.69) is 9.84 Å². The Hall–Kier alpha value is -3.47. The predicted octanol–water partition coefficient (Wildman–Crippen LogP) is 4.17. The van der Waals surface area contributed by atoms with Gasteiger partial charge < -0.3 is 4.74 Å². The highest BCUT2D eigenvalue weighted by Crippen LogP contribution is 2.19. The number of ether oxygens (including phenoxy) is 1. The Bertz CT molecular complexity index is 1000. The highest BCUT2D eigenvalue weighted by Gasteiger charge is 2.17. The van der Waals surface area contributed by atoms with E-state index in [0.717, 1.165) is 16.9 Å². The summed E-state index contributed by atoms with van der Waals surface area (Å²) in [6.45, 7) is 3.72. The maximum Gasteiger partial charge on any atom is 0.337 e. The van der Waals surface area contributed by atoms with Gasteiger partial charge in [-0.05, 0) is 49.8 Å². The first-order valence-corrected chi connectivity index (χ1v) is 8.53. The molecule has 0 fully saturated rings. The molecule has 27 heavy (non-hydrogen) atoms. The second kappa shape index (κ2) is 7.83. The number of carbonyl (C=O) groups is 2. The molecule has 3 rings (SSSR count). The van der Waals surface area contributed by atoms with Gasteiger partial charge in [-0.25, -0.2) is 9.48 Å². The SMILES string of the molecule is COC(=O)c1ccc(/C=C/C(=O)c2c(C)nn(-c3ccccc3)c2C)cc1. The first-order chi connectivity index (χ1) is 13.0. The number of benzene rings is 2. The zero-order valence-electron chi connectivity index (χ0n) is 15.5. The number of allylic oxidation sites excluding steroid dienone is 1. The van der Waals surface area contributed by atoms with Crippen molar-refractivity contribution in [2.45, 2.75) is 13.8 Å². The number of hydrogen-bond acceptors (Lipinski definition) is 4. The van der Waals surface area contributed by atoms with Crippen molar-refractivity contribution >= 4 is 17.8 Å². The van der Waals surface area contributed by atoms with Crippen molar-refractivity contribution in [1.29, 1.82) is 0 Å². The zero-order valence-corrected chi connectivity index (χ0v) is 15.5. The van der Waals surface area contributed by atoms with Crippen LogP contribution in [-0.4, -0.2) is 28.6 Å². The Morgan fingerprint density at radius 2 is 1.67 bits per heavy atom. The molecular weight excluding hydrogens is 340 g/mol. The van der Waals surface area contributed by atoms with Crippen LogP contribution in [0.15, 0.2) is 60.7 Å². The molecule has 5 heteroatoms. The fraction of sp³-hybridized carbons (Fsp3) is 0.136. The van der Waals surface area contributed by atoms with E-state index in [4.69, 9.17) is 0 Å². The van der Waals surface area contributed by atoms with E-state index >= 15 is 0 Å². The Kier molecular flexibility index (Phi) is 5.31. The maximum absolute atomic E-state index is 12.7. The maximum atomic E-state index is 12.7. The number of hydrogen-bond donors (Lipinski definition) is 0. The summed E-state index contributed by atoms with van der Waals surface area (Å²) in [6, 6.07) is 16.6. The molecule has 3 aromatic rings. The summed E-state index contributed by atoms with van der Waals surface area (Å²) in [6.07, 6.45) is 3.25. The average Bonchev–Trinajstić information content (AvgIpc) is 3.00. The number of methoxy groups -OCH3 is 1. The van der Waals surface area contributed by atoms with Crippen LogP contribution in [0.2, 0.25) is 0 Å². The molecule has 0 N–H and O–H groups in total. The van der Waals surface area contributed by atoms with E-state index in [1.807, 2.05) is 44.2 Å². The summed E-state index contributed by atoms with van der Waals surface area (Å²) in [5.41, 5.74) is 4.29. The van der Waals surface area contributed by atoms with Crippen LogP contribution in [0.3, 0.4) is 0 Å². The number of aromatic nitrogens is 2. The van der Waals surface area contributed by atoms with E-state index in [9.17, 15) is 9.59 Å². The van der Waals surface area contributed by atoms with Crippen LogP contribution in [0.1, 0.15) is 37.7 Å². The Labute approximate surface area is 157 Å². The van der Waals surface area contributed by atoms with Crippen LogP contribution in [0.4, 0.5) is 0 Å². The molecule has 0 amide bonds. The molecule has 0 aliphatic rings. The lowest BCUT2D eigenvalue weighted by Crippen LogP contribution is -2.02. The third-order valence-corrected chi connectivity index (χ3v) is 4.30. The number of nitrogens with zero attached hydrogens (tertiary/aromatic N) is 2. The van der Waals surface area contributed by atoms with Gasteiger partial charge in [0.25, 0.3) is 0 Å². The Balaban J connectivity index is 1.83. The van der Waals surface area contributed by atoms with Crippen molar-refractivity contribution < 1.29 is 14.3 Å². The van der Waals surface area contributed by atoms with Crippen molar-refractivity contribution in [3.8, 4) is 5.69 Å². The smallest absolute Gasteiger partial charge is 0.337 e. The largest absolute Gasteiger partial charge is 0.465 e. The van der Waals surface area contributed by atoms with Gasteiger partial charge in [0.15, 0.2) is 5.78 Å². The highest BCUT2D eigenvalue weighted by atomic mass is 16.5. The highest BCUT2D eigenvalue weighted by molar-refractivity contribution is 6.08. The molecule has 0 radical (unpaired) electrons. The van der Waals surface area contributed by atoms with Crippen molar-refractivity contribution in [2.24, 2.45) is 0 Å². The summed E-state index contributed by atoms with van der Waals surface area (Å²) in [4.78, 5) is 24.2. The van der Waals surface area contributed by atoms with Gasteiger partial charge in [-0.3, -0.25) is 4.79 Å². The summed E-state index contributed by atoms with van der Waals surface area (Å²) >= 11 is 0. The lowest BCUT2D eigenvalue weighted by atomic mass is 10.1. The predicted molar refractivity (Wildman–Crippen MR) is 104 cm³/mol. The van der Waals surface area contributed by atoms with Crippen molar-refractivity contribution in [2.75, 3.05) is 7.11 Å². The quantitative estimate of drug-likeness (QED) is 0.389. The van der Waals surface area contributed by atoms with Gasteiger partial charge in [-0.15, -0.1) is 0 Å². The molecule has 0 saturated carbocycles. The van der Waals surface area contributed by atoms with Gasteiger partial charge >= 0.3 is 5.97 Å². The molecule has 1 heterocycles. The number of aryl methyl sites for hydroxylation is 1. The molecule has 0 spiro atoms. The Morgan fingerprint density at radius 3 is 2.30 bits per heavy atom. The lowest BCUT2D eigenvalue weighted by molar-refractivity contribution is 0.0600. The summed E-state index contributed by atoms with van der Waals surface area (Å²) < 4.78 is 6.46. The lowest BCUT2D eigenvalue weighted by Gasteiger charge is -2.04. The van der Waals surface area contributed by atoms with Crippen LogP contribution >= 0.6 is 0 Å². The summed E-state index contributed by atoms with van der Waals surface area (Å²) in [5, 5.41) is 4.51. The number of para-hydroxylation sites is 1. The van der Waals surface area contributed by atoms with E-state index in [-0.39, 0.29) is 11.8 Å². The van der Waals surface area contributed by atoms with Crippen LogP contribution in [0, 0.1) is 13.8 Å². The van der Waals surface area contributed by atoms with Crippen molar-refractivity contribution in [3.63, 3.8) is 0 Å². The minimum absolute atomic E-state index is 0.107. The fourth-order valence-corrected chi connectivity index (χ4v) is 2.92. The fourth-order valence-electron chi connectivity index (χ4n) is 2.92. The van der Waals surface area contributed by atoms with E-state index in [1.54, 1.807) is 35.0 Å². The Morgan fingerprint density at radius 1 is 1.00 bits per heavy atom. The minimum Gasteiger partial charge on any atom is -0.465 e. The molecule has 2 aromatic carbocycles. The van der Waals surface area contributed by atoms with Gasteiger partial charge in [-0.2, -0.15) is 5.10 Å². The monoisotopic (exact) mass is 360 g/mol. The average molecular weight is 360 g/mol. The molecule has 0 bridgehead atoms. The van der Waals surface area contributed by atoms with Gasteiger partial charge in [0.1, 0.15) is 0 Å². The van der Waals surface area contributed by atoms with E-state index < -0.39 is 0 Å². The minimum atomic E-state index is -0.388. The number of carbonyl (C=O) groups excluding carboxylic acids is 2. The van der Waals surface area contributed by atoms with Crippen molar-refractivity contribution in [3.05, 3.63) is 88.8 Å². The van der Waals surface area contributed by atoms with Gasteiger partial charge in [-0.1, -0.05) is 36.4 Å². The van der Waals surface area contributed by atoms with Crippen molar-refractivity contribution in [1.82, 2.24) is 9.78 Å². The van der Waals surface area contributed by atoms with Crippen LogP contribution in [-0.2, 0) is 4.74 Å². The first kappa shape index (κ1) is 18.3. The van der Waals surface area contributed by atoms with Gasteiger partial charge in [0.2, 0.25) is 0 Å².